The summed E-state index contributed by atoms with van der Waals surface area (Å²) in [5, 5.41) is 1.64. The standard InChI is InChI=1S/C8H12F5NOS/c1-5(3-4-16-2)14-6(15)7(9,10)8(11,12)13/h5H,3-4H2,1-2H3,(H,14,15). The first kappa shape index (κ1) is 15.5. The first-order chi connectivity index (χ1) is 7.13. The summed E-state index contributed by atoms with van der Waals surface area (Å²) in [5.74, 6) is -7.06. The molecule has 16 heavy (non-hydrogen) atoms. The lowest BCUT2D eigenvalue weighted by Gasteiger charge is -2.21. The second-order valence-corrected chi connectivity index (χ2v) is 4.21. The first-order valence-electron chi connectivity index (χ1n) is 4.37. The molecule has 1 N–H and O–H groups in total. The number of carbonyl (C=O) groups excluding carboxylic acids is 1. The number of thioether (sulfide) groups is 1. The lowest BCUT2D eigenvalue weighted by atomic mass is 10.2. The van der Waals surface area contributed by atoms with Gasteiger partial charge in [-0.15, -0.1) is 0 Å². The molecular formula is C8H12F5NOS. The molecule has 2 nitrogen and oxygen atoms in total. The van der Waals surface area contributed by atoms with Crippen LogP contribution in [0.3, 0.4) is 0 Å². The van der Waals surface area contributed by atoms with E-state index >= 15 is 0 Å². The maximum Gasteiger partial charge on any atom is 0.463 e. The van der Waals surface area contributed by atoms with Crippen molar-refractivity contribution in [2.24, 2.45) is 0 Å². The summed E-state index contributed by atoms with van der Waals surface area (Å²) in [6.45, 7) is 1.38. The predicted molar refractivity (Wildman–Crippen MR) is 51.6 cm³/mol. The van der Waals surface area contributed by atoms with E-state index in [0.717, 1.165) is 0 Å². The minimum atomic E-state index is -5.85. The van der Waals surface area contributed by atoms with Gasteiger partial charge < -0.3 is 5.32 Å². The van der Waals surface area contributed by atoms with Gasteiger partial charge >= 0.3 is 18.0 Å². The topological polar surface area (TPSA) is 29.1 Å². The smallest absolute Gasteiger partial charge is 0.348 e. The molecule has 1 amide bonds. The van der Waals surface area contributed by atoms with E-state index in [1.54, 1.807) is 11.6 Å². The average molecular weight is 265 g/mol. The molecule has 0 spiro atoms. The van der Waals surface area contributed by atoms with Crippen molar-refractivity contribution >= 4 is 17.7 Å². The quantitative estimate of drug-likeness (QED) is 0.774. The van der Waals surface area contributed by atoms with E-state index in [9.17, 15) is 26.7 Å². The summed E-state index contributed by atoms with van der Waals surface area (Å²) in [7, 11) is 0. The molecule has 0 aliphatic carbocycles. The second-order valence-electron chi connectivity index (χ2n) is 3.23. The lowest BCUT2D eigenvalue weighted by molar-refractivity contribution is -0.270. The number of rotatable bonds is 5. The zero-order valence-corrected chi connectivity index (χ0v) is 9.51. The van der Waals surface area contributed by atoms with E-state index in [4.69, 9.17) is 0 Å². The maximum atomic E-state index is 12.5. The van der Waals surface area contributed by atoms with Crippen LogP contribution in [0.2, 0.25) is 0 Å². The highest BCUT2D eigenvalue weighted by atomic mass is 32.2. The number of carbonyl (C=O) groups is 1. The van der Waals surface area contributed by atoms with Crippen LogP contribution in [0.4, 0.5) is 22.0 Å². The Morgan fingerprint density at radius 2 is 1.81 bits per heavy atom. The van der Waals surface area contributed by atoms with Crippen LogP contribution >= 0.6 is 11.8 Å². The first-order valence-corrected chi connectivity index (χ1v) is 5.76. The fourth-order valence-electron chi connectivity index (χ4n) is 0.810. The summed E-state index contributed by atoms with van der Waals surface area (Å²) < 4.78 is 60.2. The SMILES string of the molecule is CSCCC(C)NC(=O)C(F)(F)C(F)(F)F. The third-order valence-electron chi connectivity index (χ3n) is 1.77. The van der Waals surface area contributed by atoms with Gasteiger partial charge in [0, 0.05) is 6.04 Å². The number of alkyl halides is 5. The Bertz CT molecular complexity index is 243. The van der Waals surface area contributed by atoms with Crippen LogP contribution in [0.25, 0.3) is 0 Å². The monoisotopic (exact) mass is 265 g/mol. The molecule has 0 aromatic carbocycles. The van der Waals surface area contributed by atoms with Crippen molar-refractivity contribution in [3.05, 3.63) is 0 Å². The van der Waals surface area contributed by atoms with E-state index in [2.05, 4.69) is 0 Å². The molecule has 0 aliphatic heterocycles. The molecule has 0 saturated carbocycles. The van der Waals surface area contributed by atoms with E-state index in [1.807, 2.05) is 0 Å². The van der Waals surface area contributed by atoms with Gasteiger partial charge in [-0.1, -0.05) is 0 Å². The molecule has 0 heterocycles. The molecule has 0 saturated heterocycles. The summed E-state index contributed by atoms with van der Waals surface area (Å²) in [6, 6.07) is -0.715. The number of nitrogens with one attached hydrogen (secondary N) is 1. The van der Waals surface area contributed by atoms with Crippen LogP contribution < -0.4 is 5.32 Å². The van der Waals surface area contributed by atoms with Crippen LogP contribution in [-0.4, -0.2) is 36.1 Å². The van der Waals surface area contributed by atoms with Crippen LogP contribution in [0.5, 0.6) is 0 Å². The van der Waals surface area contributed by atoms with Gasteiger partial charge in [0.1, 0.15) is 0 Å². The molecule has 0 fully saturated rings. The molecule has 96 valence electrons. The lowest BCUT2D eigenvalue weighted by Crippen LogP contribution is -2.52. The molecule has 8 heteroatoms. The predicted octanol–water partition coefficient (Wildman–Crippen LogP) is 2.44. The van der Waals surface area contributed by atoms with E-state index < -0.39 is 24.0 Å². The second kappa shape index (κ2) is 5.70. The number of amides is 1. The molecule has 0 aromatic heterocycles. The van der Waals surface area contributed by atoms with Gasteiger partial charge in [-0.25, -0.2) is 0 Å². The number of hydrogen-bond acceptors (Lipinski definition) is 2. The summed E-state index contributed by atoms with van der Waals surface area (Å²) >= 11 is 1.41. The van der Waals surface area contributed by atoms with Crippen molar-refractivity contribution in [1.29, 1.82) is 0 Å². The highest BCUT2D eigenvalue weighted by Gasteiger charge is 2.63. The van der Waals surface area contributed by atoms with E-state index in [-0.39, 0.29) is 0 Å². The molecule has 0 bridgehead atoms. The van der Waals surface area contributed by atoms with Gasteiger partial charge in [0.2, 0.25) is 0 Å². The van der Waals surface area contributed by atoms with Crippen LogP contribution in [0.1, 0.15) is 13.3 Å². The molecule has 0 aliphatic rings. The van der Waals surface area contributed by atoms with Crippen molar-refractivity contribution in [3.63, 3.8) is 0 Å². The Hall–Kier alpha value is -0.530. The summed E-state index contributed by atoms with van der Waals surface area (Å²) in [5.41, 5.74) is 0. The van der Waals surface area contributed by atoms with Crippen LogP contribution in [0.15, 0.2) is 0 Å². The number of hydrogen-bond donors (Lipinski definition) is 1. The Labute approximate surface area is 94.0 Å². The van der Waals surface area contributed by atoms with Crippen LogP contribution in [0, 0.1) is 0 Å². The largest absolute Gasteiger partial charge is 0.463 e. The average Bonchev–Trinajstić information content (AvgIpc) is 2.12. The Kier molecular flexibility index (Phi) is 5.51. The van der Waals surface area contributed by atoms with Crippen molar-refractivity contribution in [2.75, 3.05) is 12.0 Å². The normalized spacial score (nSPS) is 14.7. The third kappa shape index (κ3) is 4.15. The minimum Gasteiger partial charge on any atom is -0.348 e. The molecular weight excluding hydrogens is 253 g/mol. The van der Waals surface area contributed by atoms with Gasteiger partial charge in [-0.2, -0.15) is 33.7 Å². The van der Waals surface area contributed by atoms with Crippen LogP contribution in [-0.2, 0) is 4.79 Å². The third-order valence-corrected chi connectivity index (χ3v) is 2.42. The van der Waals surface area contributed by atoms with E-state index in [1.165, 1.54) is 18.7 Å². The zero-order chi connectivity index (χ0) is 13.0. The van der Waals surface area contributed by atoms with Gasteiger partial charge in [0.15, 0.2) is 0 Å². The zero-order valence-electron chi connectivity index (χ0n) is 8.70. The van der Waals surface area contributed by atoms with Crippen molar-refractivity contribution < 1.29 is 26.7 Å². The number of halogens is 5. The minimum absolute atomic E-state index is 0.334. The Morgan fingerprint density at radius 3 is 2.19 bits per heavy atom. The molecule has 1 unspecified atom stereocenters. The molecule has 0 rings (SSSR count). The molecule has 0 radical (unpaired) electrons. The van der Waals surface area contributed by atoms with Gasteiger partial charge in [-0.3, -0.25) is 4.79 Å². The van der Waals surface area contributed by atoms with Crippen molar-refractivity contribution in [1.82, 2.24) is 5.32 Å². The maximum absolute atomic E-state index is 12.5. The highest BCUT2D eigenvalue weighted by Crippen LogP contribution is 2.35. The summed E-state index contributed by atoms with van der Waals surface area (Å²) in [4.78, 5) is 10.7. The highest BCUT2D eigenvalue weighted by molar-refractivity contribution is 7.98. The fourth-order valence-corrected chi connectivity index (χ4v) is 1.40. The fraction of sp³-hybridized carbons (Fsp3) is 0.875. The molecule has 0 aromatic rings. The van der Waals surface area contributed by atoms with Crippen molar-refractivity contribution in [2.45, 2.75) is 31.5 Å². The van der Waals surface area contributed by atoms with Gasteiger partial charge in [0.05, 0.1) is 0 Å². The summed E-state index contributed by atoms with van der Waals surface area (Å²) in [6.07, 6.45) is -3.75. The van der Waals surface area contributed by atoms with Gasteiger partial charge in [-0.05, 0) is 25.4 Å². The van der Waals surface area contributed by atoms with Gasteiger partial charge in [0.25, 0.3) is 0 Å². The Morgan fingerprint density at radius 1 is 1.31 bits per heavy atom. The van der Waals surface area contributed by atoms with E-state index in [0.29, 0.717) is 12.2 Å². The van der Waals surface area contributed by atoms with Crippen molar-refractivity contribution in [3.8, 4) is 0 Å². The molecule has 1 atom stereocenters. The Balaban J connectivity index is 4.35.